The van der Waals surface area contributed by atoms with Crippen LogP contribution in [-0.4, -0.2) is 14.8 Å². The summed E-state index contributed by atoms with van der Waals surface area (Å²) in [6, 6.07) is 5.08. The monoisotopic (exact) mass is 303 g/mol. The van der Waals surface area contributed by atoms with Crippen LogP contribution in [0, 0.1) is 4.77 Å². The number of nitrogens with one attached hydrogen (secondary N) is 1. The van der Waals surface area contributed by atoms with Crippen molar-refractivity contribution in [2.24, 2.45) is 0 Å². The number of aromatic nitrogens is 3. The summed E-state index contributed by atoms with van der Waals surface area (Å²) in [6.07, 6.45) is 0. The molecule has 2 aromatic rings. The summed E-state index contributed by atoms with van der Waals surface area (Å²) >= 11 is 16.9. The Kier molecular flexibility index (Phi) is 4.27. The molecule has 0 spiro atoms. The van der Waals surface area contributed by atoms with Gasteiger partial charge in [0.2, 0.25) is 0 Å². The highest BCUT2D eigenvalue weighted by molar-refractivity contribution is 7.71. The Bertz CT molecular complexity index is 609. The second-order valence-corrected chi connectivity index (χ2v) is 4.78. The summed E-state index contributed by atoms with van der Waals surface area (Å²) < 4.78 is 8.04. The number of ether oxygens (including phenoxy) is 1. The summed E-state index contributed by atoms with van der Waals surface area (Å²) in [5, 5.41) is 7.88. The van der Waals surface area contributed by atoms with Gasteiger partial charge in [0.25, 0.3) is 0 Å². The van der Waals surface area contributed by atoms with E-state index in [2.05, 4.69) is 10.2 Å². The fourth-order valence-corrected chi connectivity index (χ4v) is 2.26. The molecule has 18 heavy (non-hydrogen) atoms. The molecule has 0 aliphatic rings. The van der Waals surface area contributed by atoms with Gasteiger partial charge in [-0.15, -0.1) is 0 Å². The zero-order valence-electron chi connectivity index (χ0n) is 9.61. The van der Waals surface area contributed by atoms with Gasteiger partial charge in [-0.1, -0.05) is 23.2 Å². The molecular weight excluding hydrogens is 293 g/mol. The highest BCUT2D eigenvalue weighted by Gasteiger charge is 2.07. The average Bonchev–Trinajstić information content (AvgIpc) is 2.69. The molecule has 0 amide bonds. The predicted molar refractivity (Wildman–Crippen MR) is 73.9 cm³/mol. The standard InChI is InChI=1S/C11H11Cl2N3OS/c1-2-16-10(14-15-11(16)18)6-17-9-4-3-7(12)5-8(9)13/h3-5H,2,6H2,1H3,(H,15,18). The first-order chi connectivity index (χ1) is 8.61. The van der Waals surface area contributed by atoms with Gasteiger partial charge in [-0.2, -0.15) is 5.10 Å². The van der Waals surface area contributed by atoms with E-state index in [4.69, 9.17) is 40.2 Å². The van der Waals surface area contributed by atoms with E-state index in [1.807, 2.05) is 11.5 Å². The van der Waals surface area contributed by atoms with Crippen LogP contribution in [-0.2, 0) is 13.2 Å². The summed E-state index contributed by atoms with van der Waals surface area (Å²) in [7, 11) is 0. The molecule has 0 atom stereocenters. The van der Waals surface area contributed by atoms with Crippen LogP contribution < -0.4 is 4.74 Å². The van der Waals surface area contributed by atoms with E-state index in [9.17, 15) is 0 Å². The van der Waals surface area contributed by atoms with Crippen molar-refractivity contribution >= 4 is 35.4 Å². The molecule has 1 heterocycles. The van der Waals surface area contributed by atoms with Crippen LogP contribution in [0.15, 0.2) is 18.2 Å². The Morgan fingerprint density at radius 2 is 2.22 bits per heavy atom. The molecular formula is C11H11Cl2N3OS. The smallest absolute Gasteiger partial charge is 0.195 e. The first-order valence-electron chi connectivity index (χ1n) is 5.33. The third kappa shape index (κ3) is 2.85. The molecule has 7 heteroatoms. The average molecular weight is 304 g/mol. The maximum absolute atomic E-state index is 6.01. The summed E-state index contributed by atoms with van der Waals surface area (Å²) in [6.45, 7) is 3.02. The summed E-state index contributed by atoms with van der Waals surface area (Å²) in [5.41, 5.74) is 0. The summed E-state index contributed by atoms with van der Waals surface area (Å²) in [4.78, 5) is 0. The van der Waals surface area contributed by atoms with Crippen LogP contribution in [0.1, 0.15) is 12.7 Å². The Labute approximate surface area is 119 Å². The molecule has 1 aromatic heterocycles. The zero-order valence-corrected chi connectivity index (χ0v) is 11.9. The van der Waals surface area contributed by atoms with Crippen molar-refractivity contribution in [3.63, 3.8) is 0 Å². The molecule has 0 bridgehead atoms. The molecule has 2 rings (SSSR count). The van der Waals surface area contributed by atoms with Gasteiger partial charge in [-0.3, -0.25) is 5.10 Å². The predicted octanol–water partition coefficient (Wildman–Crippen LogP) is 3.85. The number of hydrogen-bond acceptors (Lipinski definition) is 3. The molecule has 96 valence electrons. The first kappa shape index (κ1) is 13.4. The van der Waals surface area contributed by atoms with Gasteiger partial charge in [-0.25, -0.2) is 0 Å². The van der Waals surface area contributed by atoms with E-state index in [0.717, 1.165) is 12.4 Å². The molecule has 0 radical (unpaired) electrons. The van der Waals surface area contributed by atoms with Crippen LogP contribution in [0.4, 0.5) is 0 Å². The Balaban J connectivity index is 2.14. The molecule has 0 aliphatic heterocycles. The minimum Gasteiger partial charge on any atom is -0.484 e. The number of aromatic amines is 1. The van der Waals surface area contributed by atoms with Crippen molar-refractivity contribution in [2.75, 3.05) is 0 Å². The molecule has 0 fully saturated rings. The molecule has 0 saturated heterocycles. The first-order valence-corrected chi connectivity index (χ1v) is 6.50. The van der Waals surface area contributed by atoms with E-state index in [0.29, 0.717) is 27.2 Å². The number of benzene rings is 1. The molecule has 0 unspecified atom stereocenters. The maximum atomic E-state index is 6.01. The van der Waals surface area contributed by atoms with Crippen molar-refractivity contribution < 1.29 is 4.74 Å². The number of hydrogen-bond donors (Lipinski definition) is 1. The fourth-order valence-electron chi connectivity index (χ4n) is 1.52. The van der Waals surface area contributed by atoms with Crippen LogP contribution in [0.25, 0.3) is 0 Å². The lowest BCUT2D eigenvalue weighted by Crippen LogP contribution is -2.06. The zero-order chi connectivity index (χ0) is 13.1. The number of halogens is 2. The van der Waals surface area contributed by atoms with Crippen LogP contribution in [0.2, 0.25) is 10.0 Å². The molecule has 0 saturated carbocycles. The van der Waals surface area contributed by atoms with Gasteiger partial charge in [0.05, 0.1) is 5.02 Å². The summed E-state index contributed by atoms with van der Waals surface area (Å²) in [5.74, 6) is 1.30. The van der Waals surface area contributed by atoms with Crippen molar-refractivity contribution in [3.05, 3.63) is 38.8 Å². The topological polar surface area (TPSA) is 42.8 Å². The van der Waals surface area contributed by atoms with Crippen LogP contribution in [0.5, 0.6) is 5.75 Å². The molecule has 1 aromatic carbocycles. The van der Waals surface area contributed by atoms with Crippen LogP contribution in [0.3, 0.4) is 0 Å². The van der Waals surface area contributed by atoms with Gasteiger partial charge in [-0.05, 0) is 37.3 Å². The Morgan fingerprint density at radius 3 is 2.89 bits per heavy atom. The van der Waals surface area contributed by atoms with Gasteiger partial charge < -0.3 is 9.30 Å². The quantitative estimate of drug-likeness (QED) is 0.873. The lowest BCUT2D eigenvalue weighted by Gasteiger charge is -2.08. The number of rotatable bonds is 4. The van der Waals surface area contributed by atoms with E-state index in [1.165, 1.54) is 0 Å². The Morgan fingerprint density at radius 1 is 1.44 bits per heavy atom. The van der Waals surface area contributed by atoms with Crippen molar-refractivity contribution in [1.82, 2.24) is 14.8 Å². The SMILES string of the molecule is CCn1c(COc2ccc(Cl)cc2Cl)n[nH]c1=S. The highest BCUT2D eigenvalue weighted by atomic mass is 35.5. The molecule has 0 aliphatic carbocycles. The second-order valence-electron chi connectivity index (χ2n) is 3.55. The lowest BCUT2D eigenvalue weighted by molar-refractivity contribution is 0.289. The van der Waals surface area contributed by atoms with Crippen molar-refractivity contribution in [3.8, 4) is 5.75 Å². The van der Waals surface area contributed by atoms with E-state index in [-0.39, 0.29) is 0 Å². The lowest BCUT2D eigenvalue weighted by atomic mass is 10.3. The van der Waals surface area contributed by atoms with E-state index < -0.39 is 0 Å². The van der Waals surface area contributed by atoms with Gasteiger partial charge in [0, 0.05) is 11.6 Å². The van der Waals surface area contributed by atoms with E-state index in [1.54, 1.807) is 18.2 Å². The number of H-pyrrole nitrogens is 1. The van der Waals surface area contributed by atoms with Crippen molar-refractivity contribution in [1.29, 1.82) is 0 Å². The van der Waals surface area contributed by atoms with Crippen molar-refractivity contribution in [2.45, 2.75) is 20.1 Å². The normalized spacial score (nSPS) is 10.6. The second kappa shape index (κ2) is 5.73. The number of nitrogens with zero attached hydrogens (tertiary/aromatic N) is 2. The maximum Gasteiger partial charge on any atom is 0.195 e. The third-order valence-corrected chi connectivity index (χ3v) is 3.25. The van der Waals surface area contributed by atoms with Gasteiger partial charge >= 0.3 is 0 Å². The van der Waals surface area contributed by atoms with Gasteiger partial charge in [0.1, 0.15) is 12.4 Å². The van der Waals surface area contributed by atoms with Gasteiger partial charge in [0.15, 0.2) is 10.6 Å². The third-order valence-electron chi connectivity index (χ3n) is 2.40. The highest BCUT2D eigenvalue weighted by Crippen LogP contribution is 2.27. The minimum absolute atomic E-state index is 0.294. The molecule has 4 nitrogen and oxygen atoms in total. The largest absolute Gasteiger partial charge is 0.484 e. The fraction of sp³-hybridized carbons (Fsp3) is 0.273. The molecule has 1 N–H and O–H groups in total. The van der Waals surface area contributed by atoms with E-state index >= 15 is 0 Å². The minimum atomic E-state index is 0.294. The Hall–Kier alpha value is -1.04. The van der Waals surface area contributed by atoms with Crippen LogP contribution >= 0.6 is 35.4 Å².